The average Bonchev–Trinajstić information content (AvgIpc) is 3.34. The predicted octanol–water partition coefficient (Wildman–Crippen LogP) is 4.06. The molecule has 1 aromatic carbocycles. The van der Waals surface area contributed by atoms with Crippen molar-refractivity contribution in [3.05, 3.63) is 29.0 Å². The van der Waals surface area contributed by atoms with Crippen LogP contribution in [0.2, 0.25) is 5.02 Å². The fraction of sp³-hybridized carbons (Fsp3) is 0.625. The summed E-state index contributed by atoms with van der Waals surface area (Å²) in [7, 11) is 0. The minimum absolute atomic E-state index is 0.0872. The number of carbonyl (C=O) groups excluding carboxylic acids is 2. The molecule has 1 saturated heterocycles. The van der Waals surface area contributed by atoms with Crippen LogP contribution in [-0.4, -0.2) is 45.6 Å². The summed E-state index contributed by atoms with van der Waals surface area (Å²) in [6.07, 6.45) is 5.09. The van der Waals surface area contributed by atoms with E-state index in [1.165, 1.54) is 0 Å². The van der Waals surface area contributed by atoms with Gasteiger partial charge in [-0.1, -0.05) is 17.7 Å². The maximum Gasteiger partial charge on any atom is 0.410 e. The first-order valence-electron chi connectivity index (χ1n) is 11.7. The van der Waals surface area contributed by atoms with E-state index in [9.17, 15) is 9.59 Å². The van der Waals surface area contributed by atoms with Crippen LogP contribution in [-0.2, 0) is 9.53 Å². The first-order chi connectivity index (χ1) is 15.3. The lowest BCUT2D eigenvalue weighted by Crippen LogP contribution is -2.59. The molecule has 0 spiro atoms. The molecule has 0 radical (unpaired) electrons. The van der Waals surface area contributed by atoms with Crippen LogP contribution in [0.3, 0.4) is 0 Å². The Morgan fingerprint density at radius 2 is 1.97 bits per heavy atom. The molecule has 4 saturated carbocycles. The van der Waals surface area contributed by atoms with Crippen LogP contribution in [0.15, 0.2) is 18.2 Å². The van der Waals surface area contributed by atoms with Crippen molar-refractivity contribution in [2.75, 3.05) is 13.1 Å². The van der Waals surface area contributed by atoms with E-state index in [1.54, 1.807) is 0 Å². The van der Waals surface area contributed by atoms with Gasteiger partial charge in [0.25, 0.3) is 0 Å². The molecule has 2 aromatic rings. The fourth-order valence-corrected chi connectivity index (χ4v) is 7.71. The molecule has 2 N–H and O–H groups in total. The van der Waals surface area contributed by atoms with Crippen molar-refractivity contribution in [2.45, 2.75) is 57.6 Å². The number of ether oxygens (including phenoxy) is 1. The van der Waals surface area contributed by atoms with Crippen LogP contribution in [0, 0.1) is 30.1 Å². The molecular weight excluding hydrogens is 428 g/mol. The van der Waals surface area contributed by atoms with Gasteiger partial charge in [-0.3, -0.25) is 4.79 Å². The Hall–Kier alpha value is -2.28. The molecule has 3 atom stereocenters. The van der Waals surface area contributed by atoms with Gasteiger partial charge >= 0.3 is 6.09 Å². The first kappa shape index (κ1) is 20.3. The zero-order valence-electron chi connectivity index (χ0n) is 18.3. The molecule has 1 aliphatic heterocycles. The number of hydrogen-bond donors (Lipinski definition) is 1. The van der Waals surface area contributed by atoms with Gasteiger partial charge in [0.1, 0.15) is 11.9 Å². The van der Waals surface area contributed by atoms with E-state index >= 15 is 0 Å². The normalized spacial score (nSPS) is 35.6. The van der Waals surface area contributed by atoms with Crippen LogP contribution >= 0.6 is 11.6 Å². The number of hydrogen-bond acceptors (Lipinski definition) is 4. The summed E-state index contributed by atoms with van der Waals surface area (Å²) < 4.78 is 8.30. The average molecular weight is 457 g/mol. The van der Waals surface area contributed by atoms with Crippen molar-refractivity contribution in [1.29, 1.82) is 0 Å². The number of nitrogens with zero attached hydrogens (tertiary/aromatic N) is 3. The van der Waals surface area contributed by atoms with Gasteiger partial charge in [0.05, 0.1) is 27.5 Å². The molecule has 5 fully saturated rings. The summed E-state index contributed by atoms with van der Waals surface area (Å²) in [6.45, 7) is 3.23. The number of aryl methyl sites for hydroxylation is 1. The minimum atomic E-state index is -0.364. The summed E-state index contributed by atoms with van der Waals surface area (Å²) >= 11 is 6.49. The van der Waals surface area contributed by atoms with Gasteiger partial charge in [-0.25, -0.2) is 9.78 Å². The quantitative estimate of drug-likeness (QED) is 0.753. The number of halogens is 1. The lowest BCUT2D eigenvalue weighted by molar-refractivity contribution is -0.161. The lowest BCUT2D eigenvalue weighted by atomic mass is 9.48. The Morgan fingerprint density at radius 3 is 2.69 bits per heavy atom. The summed E-state index contributed by atoms with van der Waals surface area (Å²) in [5.41, 5.74) is 7.24. The van der Waals surface area contributed by atoms with Crippen molar-refractivity contribution >= 4 is 34.6 Å². The zero-order chi connectivity index (χ0) is 22.2. The first-order valence-corrected chi connectivity index (χ1v) is 12.1. The van der Waals surface area contributed by atoms with Gasteiger partial charge < -0.3 is 19.9 Å². The Kier molecular flexibility index (Phi) is 4.52. The van der Waals surface area contributed by atoms with Crippen molar-refractivity contribution in [1.82, 2.24) is 14.5 Å². The van der Waals surface area contributed by atoms with Crippen LogP contribution in [0.25, 0.3) is 11.0 Å². The number of nitrogens with two attached hydrogens (primary N) is 1. The molecule has 2 heterocycles. The van der Waals surface area contributed by atoms with Gasteiger partial charge in [-0.15, -0.1) is 0 Å². The largest absolute Gasteiger partial charge is 0.446 e. The van der Waals surface area contributed by atoms with E-state index in [2.05, 4.69) is 9.55 Å². The van der Waals surface area contributed by atoms with Gasteiger partial charge in [-0.2, -0.15) is 0 Å². The van der Waals surface area contributed by atoms with E-state index in [4.69, 9.17) is 22.1 Å². The second-order valence-electron chi connectivity index (χ2n) is 10.5. The number of benzene rings is 1. The zero-order valence-corrected chi connectivity index (χ0v) is 19.1. The Balaban J connectivity index is 1.17. The molecule has 1 aromatic heterocycles. The number of carbonyl (C=O) groups is 2. The second-order valence-corrected chi connectivity index (χ2v) is 10.9. The van der Waals surface area contributed by atoms with Gasteiger partial charge in [0.15, 0.2) is 0 Å². The van der Waals surface area contributed by atoms with E-state index in [-0.39, 0.29) is 41.4 Å². The molecule has 4 bridgehead atoms. The smallest absolute Gasteiger partial charge is 0.410 e. The summed E-state index contributed by atoms with van der Waals surface area (Å²) in [6, 6.07) is 5.89. The van der Waals surface area contributed by atoms with Crippen molar-refractivity contribution < 1.29 is 14.3 Å². The highest BCUT2D eigenvalue weighted by Crippen LogP contribution is 2.60. The number of rotatable bonds is 3. The molecule has 8 heteroatoms. The predicted molar refractivity (Wildman–Crippen MR) is 120 cm³/mol. The van der Waals surface area contributed by atoms with Gasteiger partial charge in [-0.05, 0) is 75.3 Å². The van der Waals surface area contributed by atoms with Crippen LogP contribution < -0.4 is 5.73 Å². The number of primary amides is 1. The summed E-state index contributed by atoms with van der Waals surface area (Å²) in [5.74, 6) is 1.81. The topological polar surface area (TPSA) is 90.4 Å². The molecular formula is C24H29ClN4O3. The summed E-state index contributed by atoms with van der Waals surface area (Å²) in [4.78, 5) is 31.8. The monoisotopic (exact) mass is 456 g/mol. The highest BCUT2D eigenvalue weighted by Gasteiger charge is 2.59. The van der Waals surface area contributed by atoms with Crippen LogP contribution in [0.5, 0.6) is 0 Å². The number of fused-ring (bicyclic) bond motifs is 1. The second kappa shape index (κ2) is 7.11. The Morgan fingerprint density at radius 1 is 1.22 bits per heavy atom. The number of para-hydroxylation sites is 1. The molecule has 4 aliphatic carbocycles. The third-order valence-electron chi connectivity index (χ3n) is 8.57. The van der Waals surface area contributed by atoms with Crippen LogP contribution in [0.1, 0.15) is 50.4 Å². The maximum absolute atomic E-state index is 13.1. The number of aromatic nitrogens is 2. The van der Waals surface area contributed by atoms with E-state index in [0.717, 1.165) is 55.4 Å². The number of likely N-dealkylation sites (tertiary alicyclic amines) is 1. The fourth-order valence-electron chi connectivity index (χ4n) is 7.45. The molecule has 32 heavy (non-hydrogen) atoms. The molecule has 5 aliphatic rings. The molecule has 3 unspecified atom stereocenters. The minimum Gasteiger partial charge on any atom is -0.446 e. The highest BCUT2D eigenvalue weighted by atomic mass is 35.5. The van der Waals surface area contributed by atoms with Crippen molar-refractivity contribution in [3.8, 4) is 0 Å². The summed E-state index contributed by atoms with van der Waals surface area (Å²) in [5, 5.41) is 0.682. The van der Waals surface area contributed by atoms with E-state index < -0.39 is 0 Å². The Labute approximate surface area is 192 Å². The molecule has 7 nitrogen and oxygen atoms in total. The third kappa shape index (κ3) is 2.96. The highest BCUT2D eigenvalue weighted by molar-refractivity contribution is 6.35. The number of amides is 2. The maximum atomic E-state index is 13.1. The molecule has 7 rings (SSSR count). The third-order valence-corrected chi connectivity index (χ3v) is 8.88. The standard InChI is InChI=1S/C24H29ClN4O3/c1-13-27-19-4-2-3-18(25)20(19)29(13)17-5-6-28(12-17)23(31)32-21-15-7-14-8-16(21)11-24(9-14,10-15)22(26)30/h2-4,14-17,21H,5-12H2,1H3,(H2,26,30). The number of imidazole rings is 1. The van der Waals surface area contributed by atoms with Gasteiger partial charge in [0.2, 0.25) is 5.91 Å². The van der Waals surface area contributed by atoms with Crippen molar-refractivity contribution in [2.24, 2.45) is 28.9 Å². The molecule has 170 valence electrons. The lowest BCUT2D eigenvalue weighted by Gasteiger charge is -2.58. The Bertz CT molecular complexity index is 1100. The van der Waals surface area contributed by atoms with E-state index in [1.807, 2.05) is 30.0 Å². The van der Waals surface area contributed by atoms with E-state index in [0.29, 0.717) is 24.0 Å². The SMILES string of the molecule is Cc1nc2cccc(Cl)c2n1C1CCN(C(=O)OC2C3CC4CC2CC(C(N)=O)(C4)C3)C1. The van der Waals surface area contributed by atoms with Gasteiger partial charge in [0, 0.05) is 13.1 Å². The molecule has 2 amide bonds. The van der Waals surface area contributed by atoms with Crippen molar-refractivity contribution in [3.63, 3.8) is 0 Å². The van der Waals surface area contributed by atoms with Crippen LogP contribution in [0.4, 0.5) is 4.79 Å².